The van der Waals surface area contributed by atoms with Gasteiger partial charge in [0.15, 0.2) is 0 Å². The van der Waals surface area contributed by atoms with E-state index in [1.807, 2.05) is 48.5 Å². The number of para-hydroxylation sites is 2. The van der Waals surface area contributed by atoms with Crippen LogP contribution < -0.4 is 0 Å². The molecule has 2 aromatic carbocycles. The summed E-state index contributed by atoms with van der Waals surface area (Å²) in [5.41, 5.74) is 3.83. The van der Waals surface area contributed by atoms with E-state index in [1.54, 1.807) is 0 Å². The average Bonchev–Trinajstić information content (AvgIpc) is 2.43. The van der Waals surface area contributed by atoms with Crippen LogP contribution in [0.25, 0.3) is 0 Å². The van der Waals surface area contributed by atoms with Crippen LogP contribution in [0, 0.1) is 0 Å². The second-order valence-corrected chi connectivity index (χ2v) is 4.07. The maximum absolute atomic E-state index is 5.72. The number of hydrogen-bond acceptors (Lipinski definition) is 3. The molecule has 2 aromatic rings. The van der Waals surface area contributed by atoms with Crippen LogP contribution in [0.2, 0.25) is 0 Å². The summed E-state index contributed by atoms with van der Waals surface area (Å²) in [5.74, 6) is 0. The summed E-state index contributed by atoms with van der Waals surface area (Å²) >= 11 is 0. The van der Waals surface area contributed by atoms with Gasteiger partial charge in [-0.05, 0) is 12.1 Å². The summed E-state index contributed by atoms with van der Waals surface area (Å²) in [6.07, 6.45) is 0. The van der Waals surface area contributed by atoms with Crippen LogP contribution in [0.5, 0.6) is 0 Å². The molecule has 0 aromatic heterocycles. The molecular formula is C15H12N2O. The van der Waals surface area contributed by atoms with Crippen molar-refractivity contribution in [2.24, 2.45) is 9.98 Å². The van der Waals surface area contributed by atoms with Gasteiger partial charge in [0, 0.05) is 11.1 Å². The molecule has 1 aliphatic rings. The number of nitrogens with zero attached hydrogens (tertiary/aromatic N) is 2. The van der Waals surface area contributed by atoms with Crippen molar-refractivity contribution in [1.82, 2.24) is 0 Å². The SMILES string of the molecule is C1=Nc2ccccc2COCc2ccccc2N=1. The third kappa shape index (κ3) is 2.23. The van der Waals surface area contributed by atoms with Gasteiger partial charge in [-0.2, -0.15) is 9.98 Å². The van der Waals surface area contributed by atoms with Gasteiger partial charge in [-0.1, -0.05) is 36.4 Å². The third-order valence-electron chi connectivity index (χ3n) is 2.84. The number of rotatable bonds is 0. The molecule has 1 aliphatic heterocycles. The lowest BCUT2D eigenvalue weighted by molar-refractivity contribution is 0.108. The lowest BCUT2D eigenvalue weighted by atomic mass is 10.2. The molecule has 3 rings (SSSR count). The Hall–Kier alpha value is -2.22. The lowest BCUT2D eigenvalue weighted by Crippen LogP contribution is -1.95. The summed E-state index contributed by atoms with van der Waals surface area (Å²) in [5, 5.41) is 0. The second kappa shape index (κ2) is 4.96. The van der Waals surface area contributed by atoms with E-state index in [2.05, 4.69) is 16.0 Å². The molecule has 0 atom stereocenters. The third-order valence-corrected chi connectivity index (χ3v) is 2.84. The molecule has 0 fully saturated rings. The van der Waals surface area contributed by atoms with E-state index in [0.29, 0.717) is 13.2 Å². The van der Waals surface area contributed by atoms with Crippen molar-refractivity contribution in [3.05, 3.63) is 59.7 Å². The first-order valence-corrected chi connectivity index (χ1v) is 5.83. The van der Waals surface area contributed by atoms with Crippen LogP contribution in [0.4, 0.5) is 11.4 Å². The van der Waals surface area contributed by atoms with Crippen LogP contribution in [-0.4, -0.2) is 6.01 Å². The first-order valence-electron chi connectivity index (χ1n) is 5.83. The molecule has 0 spiro atoms. The van der Waals surface area contributed by atoms with E-state index >= 15 is 0 Å². The van der Waals surface area contributed by atoms with E-state index in [1.165, 1.54) is 0 Å². The average molecular weight is 236 g/mol. The predicted molar refractivity (Wildman–Crippen MR) is 70.6 cm³/mol. The minimum atomic E-state index is 0.551. The van der Waals surface area contributed by atoms with E-state index in [-0.39, 0.29) is 0 Å². The van der Waals surface area contributed by atoms with Crippen molar-refractivity contribution in [2.75, 3.05) is 0 Å². The minimum Gasteiger partial charge on any atom is -0.372 e. The zero-order chi connectivity index (χ0) is 12.2. The lowest BCUT2D eigenvalue weighted by Gasteiger charge is -2.09. The number of ether oxygens (including phenoxy) is 1. The highest BCUT2D eigenvalue weighted by Gasteiger charge is 2.04. The van der Waals surface area contributed by atoms with E-state index in [0.717, 1.165) is 22.5 Å². The van der Waals surface area contributed by atoms with Gasteiger partial charge in [-0.15, -0.1) is 0 Å². The zero-order valence-electron chi connectivity index (χ0n) is 9.84. The molecule has 0 unspecified atom stereocenters. The van der Waals surface area contributed by atoms with Crippen molar-refractivity contribution in [3.63, 3.8) is 0 Å². The van der Waals surface area contributed by atoms with Crippen molar-refractivity contribution < 1.29 is 4.74 Å². The quantitative estimate of drug-likeness (QED) is 0.684. The summed E-state index contributed by atoms with van der Waals surface area (Å²) in [6.45, 7) is 1.10. The standard InChI is InChI=1S/C15H12N2O/c1-3-7-14-12(5-1)9-18-10-13-6-2-4-8-15(13)17-11-16-14/h1-8H,9-10H2. The minimum absolute atomic E-state index is 0.551. The van der Waals surface area contributed by atoms with Crippen LogP contribution in [-0.2, 0) is 18.0 Å². The molecule has 0 radical (unpaired) electrons. The highest BCUT2D eigenvalue weighted by Crippen LogP contribution is 2.23. The topological polar surface area (TPSA) is 34.0 Å². The molecule has 0 bridgehead atoms. The van der Waals surface area contributed by atoms with Gasteiger partial charge >= 0.3 is 0 Å². The smallest absolute Gasteiger partial charge is 0.101 e. The summed E-state index contributed by atoms with van der Waals surface area (Å²) in [7, 11) is 0. The van der Waals surface area contributed by atoms with E-state index in [9.17, 15) is 0 Å². The fraction of sp³-hybridized carbons (Fsp3) is 0.133. The Labute approximate surface area is 105 Å². The van der Waals surface area contributed by atoms with Crippen LogP contribution in [0.3, 0.4) is 0 Å². The van der Waals surface area contributed by atoms with Gasteiger partial charge in [0.05, 0.1) is 24.6 Å². The molecule has 0 saturated heterocycles. The molecule has 18 heavy (non-hydrogen) atoms. The van der Waals surface area contributed by atoms with Gasteiger partial charge in [-0.25, -0.2) is 0 Å². The molecule has 1 heterocycles. The van der Waals surface area contributed by atoms with Crippen molar-refractivity contribution in [3.8, 4) is 0 Å². The fourth-order valence-electron chi connectivity index (χ4n) is 1.89. The highest BCUT2D eigenvalue weighted by atomic mass is 16.5. The number of fused-ring (bicyclic) bond motifs is 2. The largest absolute Gasteiger partial charge is 0.372 e. The van der Waals surface area contributed by atoms with Gasteiger partial charge < -0.3 is 4.74 Å². The Morgan fingerprint density at radius 1 is 0.778 bits per heavy atom. The van der Waals surface area contributed by atoms with E-state index in [4.69, 9.17) is 4.74 Å². The molecule has 0 saturated carbocycles. The van der Waals surface area contributed by atoms with Crippen molar-refractivity contribution >= 4 is 17.4 Å². The molecule has 3 nitrogen and oxygen atoms in total. The van der Waals surface area contributed by atoms with Gasteiger partial charge in [-0.3, -0.25) is 0 Å². The number of aliphatic imine (C=N–C) groups is 2. The Morgan fingerprint density at radius 2 is 1.28 bits per heavy atom. The number of benzene rings is 2. The molecule has 0 aliphatic carbocycles. The van der Waals surface area contributed by atoms with Crippen molar-refractivity contribution in [1.29, 1.82) is 0 Å². The summed E-state index contributed by atoms with van der Waals surface area (Å²) < 4.78 is 5.72. The Kier molecular flexibility index (Phi) is 3.01. The van der Waals surface area contributed by atoms with Gasteiger partial charge in [0.1, 0.15) is 6.01 Å². The monoisotopic (exact) mass is 236 g/mol. The highest BCUT2D eigenvalue weighted by molar-refractivity contribution is 5.61. The van der Waals surface area contributed by atoms with Crippen LogP contribution >= 0.6 is 0 Å². The second-order valence-electron chi connectivity index (χ2n) is 4.07. The van der Waals surface area contributed by atoms with Crippen LogP contribution in [0.15, 0.2) is 58.5 Å². The van der Waals surface area contributed by atoms with Gasteiger partial charge in [0.2, 0.25) is 0 Å². The zero-order valence-corrected chi connectivity index (χ0v) is 9.84. The van der Waals surface area contributed by atoms with Crippen molar-refractivity contribution in [2.45, 2.75) is 13.2 Å². The molecular weight excluding hydrogens is 224 g/mol. The predicted octanol–water partition coefficient (Wildman–Crippen LogP) is 3.85. The Morgan fingerprint density at radius 3 is 1.83 bits per heavy atom. The first-order chi connectivity index (χ1) is 8.93. The van der Waals surface area contributed by atoms with E-state index < -0.39 is 0 Å². The molecule has 3 heteroatoms. The van der Waals surface area contributed by atoms with Crippen LogP contribution in [0.1, 0.15) is 11.1 Å². The molecule has 88 valence electrons. The fourth-order valence-corrected chi connectivity index (χ4v) is 1.89. The maximum atomic E-state index is 5.72. The molecule has 0 N–H and O–H groups in total. The summed E-state index contributed by atoms with van der Waals surface area (Å²) in [4.78, 5) is 8.50. The first kappa shape index (κ1) is 10.9. The molecule has 0 amide bonds. The Balaban J connectivity index is 2.07. The summed E-state index contributed by atoms with van der Waals surface area (Å²) in [6, 6.07) is 18.5. The number of hydrogen-bond donors (Lipinski definition) is 0. The Bertz CT molecular complexity index is 576. The van der Waals surface area contributed by atoms with Gasteiger partial charge in [0.25, 0.3) is 0 Å². The normalized spacial score (nSPS) is 13.8. The maximum Gasteiger partial charge on any atom is 0.101 e.